The maximum absolute atomic E-state index is 5.86. The van der Waals surface area contributed by atoms with Gasteiger partial charge in [-0.2, -0.15) is 0 Å². The van der Waals surface area contributed by atoms with E-state index in [0.29, 0.717) is 10.9 Å². The number of amidine groups is 1. The van der Waals surface area contributed by atoms with E-state index < -0.39 is 0 Å². The Morgan fingerprint density at radius 1 is 1.11 bits per heavy atom. The van der Waals surface area contributed by atoms with Crippen LogP contribution >= 0.6 is 11.8 Å². The Balaban J connectivity index is 2.38. The second-order valence-corrected chi connectivity index (χ2v) is 4.82. The minimum Gasteiger partial charge on any atom is -0.455 e. The van der Waals surface area contributed by atoms with Gasteiger partial charge >= 0.3 is 0 Å². The summed E-state index contributed by atoms with van der Waals surface area (Å²) in [5.41, 5.74) is 7.60. The van der Waals surface area contributed by atoms with Crippen LogP contribution in [0.5, 0.6) is 11.5 Å². The Labute approximate surface area is 117 Å². The number of aryl methyl sites for hydroxylation is 1. The van der Waals surface area contributed by atoms with Gasteiger partial charge in [0.25, 0.3) is 0 Å². The van der Waals surface area contributed by atoms with Crippen LogP contribution in [0.15, 0.2) is 53.5 Å². The van der Waals surface area contributed by atoms with Crippen LogP contribution in [0.3, 0.4) is 0 Å². The summed E-state index contributed by atoms with van der Waals surface area (Å²) >= 11 is 1.42. The number of hydrogen-bond acceptors (Lipinski definition) is 3. The lowest BCUT2D eigenvalue weighted by molar-refractivity contribution is 0.484. The molecule has 0 amide bonds. The Kier molecular flexibility index (Phi) is 4.47. The highest BCUT2D eigenvalue weighted by Crippen LogP contribution is 2.34. The molecule has 0 heterocycles. The lowest BCUT2D eigenvalue weighted by Crippen LogP contribution is -2.04. The van der Waals surface area contributed by atoms with Crippen LogP contribution in [0.4, 0.5) is 5.69 Å². The molecule has 0 spiro atoms. The summed E-state index contributed by atoms with van der Waals surface area (Å²) in [6.45, 7) is 1.99. The SMILES string of the molecule is CSC(N)=Nc1c(C)cccc1Oc1ccccc1. The topological polar surface area (TPSA) is 47.6 Å². The Morgan fingerprint density at radius 3 is 2.53 bits per heavy atom. The molecule has 0 fully saturated rings. The predicted molar refractivity (Wildman–Crippen MR) is 82.5 cm³/mol. The molecule has 19 heavy (non-hydrogen) atoms. The normalized spacial score (nSPS) is 11.4. The molecule has 4 heteroatoms. The highest BCUT2D eigenvalue weighted by atomic mass is 32.2. The number of aliphatic imine (C=N–C) groups is 1. The molecule has 0 radical (unpaired) electrons. The van der Waals surface area contributed by atoms with Crippen molar-refractivity contribution in [3.05, 3.63) is 54.1 Å². The van der Waals surface area contributed by atoms with E-state index in [4.69, 9.17) is 10.5 Å². The molecule has 0 aliphatic heterocycles. The van der Waals surface area contributed by atoms with Gasteiger partial charge in [-0.15, -0.1) is 0 Å². The second kappa shape index (κ2) is 6.29. The van der Waals surface area contributed by atoms with Crippen molar-refractivity contribution in [1.29, 1.82) is 0 Å². The van der Waals surface area contributed by atoms with Crippen LogP contribution < -0.4 is 10.5 Å². The van der Waals surface area contributed by atoms with E-state index >= 15 is 0 Å². The number of nitrogens with two attached hydrogens (primary N) is 1. The molecule has 0 saturated heterocycles. The molecule has 0 bridgehead atoms. The molecule has 0 aliphatic rings. The summed E-state index contributed by atoms with van der Waals surface area (Å²) < 4.78 is 5.86. The van der Waals surface area contributed by atoms with Gasteiger partial charge < -0.3 is 10.5 Å². The zero-order chi connectivity index (χ0) is 13.7. The average Bonchev–Trinajstić information content (AvgIpc) is 2.43. The highest BCUT2D eigenvalue weighted by molar-refractivity contribution is 8.13. The van der Waals surface area contributed by atoms with Crippen LogP contribution in [-0.2, 0) is 0 Å². The first-order chi connectivity index (χ1) is 9.20. The minimum absolute atomic E-state index is 0.521. The fourth-order valence-electron chi connectivity index (χ4n) is 1.63. The first kappa shape index (κ1) is 13.5. The molecular formula is C15H16N2OS. The van der Waals surface area contributed by atoms with Crippen LogP contribution in [0.2, 0.25) is 0 Å². The fraction of sp³-hybridized carbons (Fsp3) is 0.133. The molecule has 2 aromatic rings. The molecule has 0 aliphatic carbocycles. The summed E-state index contributed by atoms with van der Waals surface area (Å²) in [7, 11) is 0. The van der Waals surface area contributed by atoms with Gasteiger partial charge in [0.1, 0.15) is 11.4 Å². The number of benzene rings is 2. The van der Waals surface area contributed by atoms with Gasteiger partial charge in [-0.25, -0.2) is 4.99 Å². The first-order valence-electron chi connectivity index (χ1n) is 5.91. The van der Waals surface area contributed by atoms with E-state index in [1.165, 1.54) is 11.8 Å². The van der Waals surface area contributed by atoms with Gasteiger partial charge in [-0.1, -0.05) is 42.1 Å². The summed E-state index contributed by atoms with van der Waals surface area (Å²) in [5, 5.41) is 0.521. The van der Waals surface area contributed by atoms with E-state index in [0.717, 1.165) is 17.0 Å². The number of hydrogen-bond donors (Lipinski definition) is 1. The summed E-state index contributed by atoms with van der Waals surface area (Å²) in [5.74, 6) is 1.50. The third kappa shape index (κ3) is 3.51. The largest absolute Gasteiger partial charge is 0.455 e. The Hall–Kier alpha value is -1.94. The van der Waals surface area contributed by atoms with E-state index in [1.807, 2.05) is 61.7 Å². The smallest absolute Gasteiger partial charge is 0.159 e. The van der Waals surface area contributed by atoms with E-state index in [-0.39, 0.29) is 0 Å². The van der Waals surface area contributed by atoms with Crippen LogP contribution in [0.1, 0.15) is 5.56 Å². The molecule has 0 aromatic heterocycles. The fourth-order valence-corrected chi connectivity index (χ4v) is 1.81. The van der Waals surface area contributed by atoms with Crippen molar-refractivity contribution in [2.75, 3.05) is 6.26 Å². The Morgan fingerprint density at radius 2 is 1.84 bits per heavy atom. The van der Waals surface area contributed by atoms with Crippen molar-refractivity contribution < 1.29 is 4.74 Å². The number of nitrogens with zero attached hydrogens (tertiary/aromatic N) is 1. The molecule has 2 rings (SSSR count). The van der Waals surface area contributed by atoms with Gasteiger partial charge in [-0.3, -0.25) is 0 Å². The van der Waals surface area contributed by atoms with Crippen molar-refractivity contribution in [3.8, 4) is 11.5 Å². The third-order valence-corrected chi connectivity index (χ3v) is 3.11. The second-order valence-electron chi connectivity index (χ2n) is 3.99. The monoisotopic (exact) mass is 272 g/mol. The highest BCUT2D eigenvalue weighted by Gasteiger charge is 2.07. The predicted octanol–water partition coefficient (Wildman–Crippen LogP) is 4.10. The van der Waals surface area contributed by atoms with Gasteiger partial charge in [0.2, 0.25) is 0 Å². The summed E-state index contributed by atoms with van der Waals surface area (Å²) in [6.07, 6.45) is 1.90. The van der Waals surface area contributed by atoms with Crippen molar-refractivity contribution >= 4 is 22.6 Å². The molecule has 2 aromatic carbocycles. The summed E-state index contributed by atoms with van der Waals surface area (Å²) in [4.78, 5) is 4.41. The maximum atomic E-state index is 5.86. The zero-order valence-electron chi connectivity index (χ0n) is 11.0. The summed E-state index contributed by atoms with van der Waals surface area (Å²) in [6, 6.07) is 15.5. The van der Waals surface area contributed by atoms with Gasteiger partial charge in [0, 0.05) is 0 Å². The molecule has 0 saturated carbocycles. The average molecular weight is 272 g/mol. The lowest BCUT2D eigenvalue weighted by atomic mass is 10.2. The third-order valence-electron chi connectivity index (χ3n) is 2.60. The quantitative estimate of drug-likeness (QED) is 0.676. The molecule has 2 N–H and O–H groups in total. The van der Waals surface area contributed by atoms with Crippen molar-refractivity contribution in [2.45, 2.75) is 6.92 Å². The molecule has 0 unspecified atom stereocenters. The van der Waals surface area contributed by atoms with Crippen LogP contribution in [0.25, 0.3) is 0 Å². The Bertz CT molecular complexity index is 582. The molecule has 3 nitrogen and oxygen atoms in total. The van der Waals surface area contributed by atoms with Crippen LogP contribution in [0, 0.1) is 6.92 Å². The van der Waals surface area contributed by atoms with Crippen molar-refractivity contribution in [2.24, 2.45) is 10.7 Å². The van der Waals surface area contributed by atoms with E-state index in [9.17, 15) is 0 Å². The first-order valence-corrected chi connectivity index (χ1v) is 7.14. The number of rotatable bonds is 3. The van der Waals surface area contributed by atoms with Gasteiger partial charge in [-0.05, 0) is 36.9 Å². The van der Waals surface area contributed by atoms with Gasteiger partial charge in [0.05, 0.1) is 0 Å². The maximum Gasteiger partial charge on any atom is 0.159 e. The minimum atomic E-state index is 0.521. The molecule has 98 valence electrons. The lowest BCUT2D eigenvalue weighted by Gasteiger charge is -2.10. The van der Waals surface area contributed by atoms with Crippen molar-refractivity contribution in [3.63, 3.8) is 0 Å². The van der Waals surface area contributed by atoms with E-state index in [2.05, 4.69) is 4.99 Å². The van der Waals surface area contributed by atoms with Crippen molar-refractivity contribution in [1.82, 2.24) is 0 Å². The number of para-hydroxylation sites is 2. The van der Waals surface area contributed by atoms with E-state index in [1.54, 1.807) is 0 Å². The van der Waals surface area contributed by atoms with Gasteiger partial charge in [0.15, 0.2) is 10.9 Å². The number of thioether (sulfide) groups is 1. The molecular weight excluding hydrogens is 256 g/mol. The van der Waals surface area contributed by atoms with Crippen LogP contribution in [-0.4, -0.2) is 11.4 Å². The number of ether oxygens (including phenoxy) is 1. The standard InChI is InChI=1S/C15H16N2OS/c1-11-7-6-10-13(14(11)17-15(16)19-2)18-12-8-4-3-5-9-12/h3-10H,1-2H3,(H2,16,17). The molecule has 0 atom stereocenters. The zero-order valence-corrected chi connectivity index (χ0v) is 11.8.